The van der Waals surface area contributed by atoms with E-state index in [1.165, 1.54) is 0 Å². The van der Waals surface area contributed by atoms with E-state index in [-0.39, 0.29) is 10.8 Å². The molecule has 0 aliphatic carbocycles. The zero-order valence-electron chi connectivity index (χ0n) is 19.2. The Labute approximate surface area is 202 Å². The third kappa shape index (κ3) is 5.53. The summed E-state index contributed by atoms with van der Waals surface area (Å²) in [6.45, 7) is 10.5. The highest BCUT2D eigenvalue weighted by atomic mass is 35.5. The van der Waals surface area contributed by atoms with E-state index in [1.54, 1.807) is 22.5 Å². The Bertz CT molecular complexity index is 1050. The third-order valence-electron chi connectivity index (χ3n) is 5.82. The van der Waals surface area contributed by atoms with Gasteiger partial charge < -0.3 is 9.64 Å². The molecule has 8 heteroatoms. The zero-order valence-corrected chi connectivity index (χ0v) is 21.5. The van der Waals surface area contributed by atoms with Gasteiger partial charge in [0.2, 0.25) is 10.0 Å². The van der Waals surface area contributed by atoms with Crippen LogP contribution in [-0.2, 0) is 10.0 Å². The maximum absolute atomic E-state index is 13.7. The minimum absolute atomic E-state index is 0.218. The molecule has 0 bridgehead atoms. The van der Waals surface area contributed by atoms with Gasteiger partial charge in [-0.2, -0.15) is 4.31 Å². The molecule has 0 unspecified atom stereocenters. The molecule has 1 heterocycles. The largest absolute Gasteiger partial charge is 0.492 e. The van der Waals surface area contributed by atoms with Gasteiger partial charge in [-0.05, 0) is 60.7 Å². The van der Waals surface area contributed by atoms with Crippen molar-refractivity contribution in [1.29, 1.82) is 0 Å². The predicted molar refractivity (Wildman–Crippen MR) is 133 cm³/mol. The van der Waals surface area contributed by atoms with E-state index in [4.69, 9.17) is 27.9 Å². The fourth-order valence-electron chi connectivity index (χ4n) is 3.98. The predicted octanol–water partition coefficient (Wildman–Crippen LogP) is 6.12. The first-order chi connectivity index (χ1) is 15.1. The van der Waals surface area contributed by atoms with Gasteiger partial charge in [0.05, 0.1) is 17.3 Å². The van der Waals surface area contributed by atoms with E-state index in [2.05, 4.69) is 25.7 Å². The summed E-state index contributed by atoms with van der Waals surface area (Å²) >= 11 is 12.5. The number of unbranched alkanes of at least 4 members (excludes halogenated alkanes) is 1. The van der Waals surface area contributed by atoms with Gasteiger partial charge >= 0.3 is 0 Å². The highest BCUT2D eigenvalue weighted by molar-refractivity contribution is 7.89. The molecule has 3 rings (SSSR count). The second-order valence-electron chi connectivity index (χ2n) is 8.50. The molecule has 0 saturated carbocycles. The van der Waals surface area contributed by atoms with Gasteiger partial charge in [0.25, 0.3) is 0 Å². The van der Waals surface area contributed by atoms with Gasteiger partial charge in [-0.3, -0.25) is 0 Å². The summed E-state index contributed by atoms with van der Waals surface area (Å²) in [5.41, 5.74) is 2.90. The average molecular weight is 500 g/mol. The summed E-state index contributed by atoms with van der Waals surface area (Å²) in [5, 5.41) is 1.21. The zero-order chi connectivity index (χ0) is 23.5. The fraction of sp³-hybridized carbons (Fsp3) is 0.500. The van der Waals surface area contributed by atoms with Crippen molar-refractivity contribution < 1.29 is 13.2 Å². The average Bonchev–Trinajstić information content (AvgIpc) is 2.75. The number of nitrogens with zero attached hydrogens (tertiary/aromatic N) is 2. The molecule has 5 nitrogen and oxygen atoms in total. The third-order valence-corrected chi connectivity index (χ3v) is 8.29. The molecule has 0 atom stereocenters. The van der Waals surface area contributed by atoms with E-state index >= 15 is 0 Å². The highest BCUT2D eigenvalue weighted by Crippen LogP contribution is 2.35. The number of hydrogen-bond acceptors (Lipinski definition) is 4. The van der Waals surface area contributed by atoms with E-state index < -0.39 is 10.0 Å². The molecular formula is C24H32Cl2N2O3S. The monoisotopic (exact) mass is 498 g/mol. The molecule has 32 heavy (non-hydrogen) atoms. The number of halogens is 2. The second-order valence-corrected chi connectivity index (χ2v) is 11.2. The van der Waals surface area contributed by atoms with Crippen molar-refractivity contribution in [3.05, 3.63) is 51.5 Å². The number of ether oxygens (including phenoxy) is 1. The van der Waals surface area contributed by atoms with Crippen LogP contribution in [0.15, 0.2) is 35.2 Å². The second kappa shape index (κ2) is 10.6. The first-order valence-electron chi connectivity index (χ1n) is 11.1. The number of piperazine rings is 1. The minimum Gasteiger partial charge on any atom is -0.492 e. The van der Waals surface area contributed by atoms with Crippen LogP contribution >= 0.6 is 23.2 Å². The van der Waals surface area contributed by atoms with Crippen LogP contribution < -0.4 is 9.64 Å². The van der Waals surface area contributed by atoms with Crippen molar-refractivity contribution in [2.45, 2.75) is 51.3 Å². The molecule has 0 radical (unpaired) electrons. The van der Waals surface area contributed by atoms with Gasteiger partial charge in [-0.1, -0.05) is 50.4 Å². The van der Waals surface area contributed by atoms with Crippen molar-refractivity contribution in [3.63, 3.8) is 0 Å². The lowest BCUT2D eigenvalue weighted by molar-refractivity contribution is 0.299. The summed E-state index contributed by atoms with van der Waals surface area (Å²) in [5.74, 6) is 0.663. The van der Waals surface area contributed by atoms with Crippen LogP contribution in [0, 0.1) is 6.92 Å². The van der Waals surface area contributed by atoms with Crippen molar-refractivity contribution >= 4 is 38.9 Å². The smallest absolute Gasteiger partial charge is 0.246 e. The Kier molecular flexibility index (Phi) is 8.37. The SMILES string of the molecule is CCCCOc1cc(C)c(C(C)C)cc1S(=O)(=O)N1CCN(c2cc(Cl)ccc2Cl)CC1. The maximum Gasteiger partial charge on any atom is 0.246 e. The molecule has 0 aromatic heterocycles. The molecule has 1 aliphatic heterocycles. The Balaban J connectivity index is 1.87. The van der Waals surface area contributed by atoms with Gasteiger partial charge in [0.15, 0.2) is 0 Å². The molecule has 1 aliphatic rings. The first-order valence-corrected chi connectivity index (χ1v) is 13.3. The molecule has 0 amide bonds. The standard InChI is InChI=1S/C24H32Cl2N2O3S/c1-5-6-13-31-23-14-18(4)20(17(2)3)16-24(23)32(29,30)28-11-9-27(10-12-28)22-15-19(25)7-8-21(22)26/h7-8,14-17H,5-6,9-13H2,1-4H3. The summed E-state index contributed by atoms with van der Waals surface area (Å²) in [7, 11) is -3.70. The molecule has 1 fully saturated rings. The molecule has 0 spiro atoms. The Morgan fingerprint density at radius 3 is 2.38 bits per heavy atom. The van der Waals surface area contributed by atoms with Crippen molar-refractivity contribution in [2.24, 2.45) is 0 Å². The summed E-state index contributed by atoms with van der Waals surface area (Å²) < 4.78 is 34.8. The van der Waals surface area contributed by atoms with Gasteiger partial charge in [-0.25, -0.2) is 8.42 Å². The van der Waals surface area contributed by atoms with Crippen LogP contribution in [-0.4, -0.2) is 45.5 Å². The van der Waals surface area contributed by atoms with Gasteiger partial charge in [0, 0.05) is 31.2 Å². The number of anilines is 1. The van der Waals surface area contributed by atoms with E-state index in [0.29, 0.717) is 48.6 Å². The van der Waals surface area contributed by atoms with Crippen LogP contribution in [0.4, 0.5) is 5.69 Å². The number of sulfonamides is 1. The molecular weight excluding hydrogens is 467 g/mol. The maximum atomic E-state index is 13.7. The normalized spacial score (nSPS) is 15.4. The lowest BCUT2D eigenvalue weighted by Gasteiger charge is -2.36. The molecule has 0 N–H and O–H groups in total. The fourth-order valence-corrected chi connectivity index (χ4v) is 5.95. The molecule has 2 aromatic rings. The van der Waals surface area contributed by atoms with Crippen LogP contribution in [0.2, 0.25) is 10.0 Å². The van der Waals surface area contributed by atoms with Crippen molar-refractivity contribution in [3.8, 4) is 5.75 Å². The topological polar surface area (TPSA) is 49.9 Å². The summed E-state index contributed by atoms with van der Waals surface area (Å²) in [6.07, 6.45) is 1.86. The number of rotatable bonds is 8. The quantitative estimate of drug-likeness (QED) is 0.411. The Hall–Kier alpha value is -1.47. The van der Waals surface area contributed by atoms with Crippen molar-refractivity contribution in [1.82, 2.24) is 4.31 Å². The Morgan fingerprint density at radius 2 is 1.75 bits per heavy atom. The van der Waals surface area contributed by atoms with Crippen LogP contribution in [0.3, 0.4) is 0 Å². The van der Waals surface area contributed by atoms with Crippen molar-refractivity contribution in [2.75, 3.05) is 37.7 Å². The minimum atomic E-state index is -3.70. The van der Waals surface area contributed by atoms with E-state index in [1.807, 2.05) is 19.1 Å². The van der Waals surface area contributed by atoms with Gasteiger partial charge in [-0.15, -0.1) is 0 Å². The Morgan fingerprint density at radius 1 is 1.06 bits per heavy atom. The number of aryl methyl sites for hydroxylation is 1. The van der Waals surface area contributed by atoms with Crippen LogP contribution in [0.1, 0.15) is 50.7 Å². The highest BCUT2D eigenvalue weighted by Gasteiger charge is 2.32. The summed E-state index contributed by atoms with van der Waals surface area (Å²) in [4.78, 5) is 2.34. The molecule has 176 valence electrons. The number of hydrogen-bond donors (Lipinski definition) is 0. The lowest BCUT2D eigenvalue weighted by Crippen LogP contribution is -2.48. The lowest BCUT2D eigenvalue weighted by atomic mass is 9.98. The van der Waals surface area contributed by atoms with Crippen LogP contribution in [0.25, 0.3) is 0 Å². The number of benzene rings is 2. The molecule has 1 saturated heterocycles. The molecule has 2 aromatic carbocycles. The van der Waals surface area contributed by atoms with Crippen LogP contribution in [0.5, 0.6) is 5.75 Å². The van der Waals surface area contributed by atoms with E-state index in [0.717, 1.165) is 29.7 Å². The van der Waals surface area contributed by atoms with Gasteiger partial charge in [0.1, 0.15) is 10.6 Å². The summed E-state index contributed by atoms with van der Waals surface area (Å²) in [6, 6.07) is 9.01. The van der Waals surface area contributed by atoms with E-state index in [9.17, 15) is 8.42 Å². The first kappa shape index (κ1) is 25.2.